The fourth-order valence-corrected chi connectivity index (χ4v) is 11.0. The minimum absolute atomic E-state index is 0.0120. The number of hydrogen-bond donors (Lipinski definition) is 3. The van der Waals surface area contributed by atoms with E-state index in [1.807, 2.05) is 19.1 Å². The zero-order valence-corrected chi connectivity index (χ0v) is 42.6. The van der Waals surface area contributed by atoms with E-state index in [-0.39, 0.29) is 55.4 Å². The van der Waals surface area contributed by atoms with Gasteiger partial charge in [-0.25, -0.2) is 4.79 Å². The van der Waals surface area contributed by atoms with Gasteiger partial charge in [0, 0.05) is 46.1 Å². The van der Waals surface area contributed by atoms with Crippen molar-refractivity contribution in [2.75, 3.05) is 27.9 Å². The summed E-state index contributed by atoms with van der Waals surface area (Å²) in [5, 5.41) is 34.7. The van der Waals surface area contributed by atoms with Crippen molar-refractivity contribution in [2.24, 2.45) is 29.6 Å². The maximum atomic E-state index is 14.5. The number of amides is 1. The summed E-state index contributed by atoms with van der Waals surface area (Å²) in [7, 11) is 4.67. The molecule has 3 N–H and O–H groups in total. The van der Waals surface area contributed by atoms with Gasteiger partial charge in [-0.2, -0.15) is 0 Å². The van der Waals surface area contributed by atoms with Crippen LogP contribution in [0.5, 0.6) is 0 Å². The first kappa shape index (κ1) is 56.8. The number of carbonyl (C=O) groups excluding carboxylic acids is 4. The molecule has 2 bridgehead atoms. The van der Waals surface area contributed by atoms with Gasteiger partial charge in [0.05, 0.1) is 30.5 Å². The number of fused-ring (bicyclic) bond motifs is 3. The second-order valence-electron chi connectivity index (χ2n) is 20.7. The highest BCUT2D eigenvalue weighted by Gasteiger charge is 2.56. The third kappa shape index (κ3) is 16.1. The van der Waals surface area contributed by atoms with E-state index in [1.54, 1.807) is 35.2 Å². The van der Waals surface area contributed by atoms with Gasteiger partial charge < -0.3 is 43.9 Å². The van der Waals surface area contributed by atoms with E-state index < -0.39 is 77.9 Å². The molecule has 4 aliphatic rings. The van der Waals surface area contributed by atoms with E-state index in [0.29, 0.717) is 62.5 Å². The summed E-state index contributed by atoms with van der Waals surface area (Å²) in [6, 6.07) is -1.14. The Labute approximate surface area is 402 Å². The van der Waals surface area contributed by atoms with Crippen LogP contribution in [0.3, 0.4) is 0 Å². The van der Waals surface area contributed by atoms with Gasteiger partial charge in [-0.3, -0.25) is 14.4 Å². The summed E-state index contributed by atoms with van der Waals surface area (Å²) >= 11 is 0. The summed E-state index contributed by atoms with van der Waals surface area (Å²) in [5.41, 5.74) is 1.28. The number of rotatable bonds is 16. The molecule has 0 spiro atoms. The summed E-state index contributed by atoms with van der Waals surface area (Å²) in [6.45, 7) is 11.7. The predicted molar refractivity (Wildman–Crippen MR) is 259 cm³/mol. The van der Waals surface area contributed by atoms with E-state index in [2.05, 4.69) is 32.9 Å². The topological polar surface area (TPSA) is 178 Å². The van der Waals surface area contributed by atoms with Gasteiger partial charge in [-0.05, 0) is 113 Å². The van der Waals surface area contributed by atoms with Crippen molar-refractivity contribution in [1.29, 1.82) is 0 Å². The molecule has 3 heterocycles. The van der Waals surface area contributed by atoms with Gasteiger partial charge in [-0.1, -0.05) is 104 Å². The highest BCUT2D eigenvalue weighted by atomic mass is 16.7. The first-order chi connectivity index (χ1) is 32.0. The fraction of sp³-hybridized carbons (Fsp3) is 0.815. The van der Waals surface area contributed by atoms with Crippen LogP contribution in [-0.2, 0) is 42.9 Å². The number of aliphatic hydroxyl groups is 3. The van der Waals surface area contributed by atoms with Crippen LogP contribution in [0.15, 0.2) is 35.5 Å². The molecule has 67 heavy (non-hydrogen) atoms. The van der Waals surface area contributed by atoms with Crippen molar-refractivity contribution >= 4 is 23.4 Å². The average molecular weight is 944 g/mol. The number of allylic oxidation sites excluding steroid dienone is 5. The van der Waals surface area contributed by atoms with Crippen LogP contribution in [-0.4, -0.2) is 126 Å². The zero-order valence-electron chi connectivity index (χ0n) is 42.6. The number of carbonyl (C=O) groups is 4. The Bertz CT molecular complexity index is 1660. The molecule has 4 rings (SSSR count). The van der Waals surface area contributed by atoms with Crippen molar-refractivity contribution in [2.45, 2.75) is 225 Å². The van der Waals surface area contributed by atoms with E-state index in [1.165, 1.54) is 49.8 Å². The quantitative estimate of drug-likeness (QED) is 0.0582. The number of aliphatic hydroxyl groups excluding tert-OH is 2. The van der Waals surface area contributed by atoms with Gasteiger partial charge in [-0.15, -0.1) is 0 Å². The SMILES string of the molecule is CCCCCCCCCCC=CC/C1=C\C(C)CC(C)CC(OC)C2OC(O)(C(=O)C(=O)N3CCCCC3C(=O)OC(C(C)=CC3CCC(O)C(OC)C3)C(C)C(O)CC1=O)C(C)CC2OC. The van der Waals surface area contributed by atoms with E-state index in [4.69, 9.17) is 23.7 Å². The molecule has 1 amide bonds. The smallest absolute Gasteiger partial charge is 0.329 e. The normalized spacial score (nSPS) is 36.8. The summed E-state index contributed by atoms with van der Waals surface area (Å²) in [6.07, 6.45) is 18.6. The molecule has 13 nitrogen and oxygen atoms in total. The molecule has 13 heteroatoms. The number of hydrogen-bond acceptors (Lipinski definition) is 12. The third-order valence-electron chi connectivity index (χ3n) is 15.2. The molecule has 1 saturated carbocycles. The molecule has 3 fully saturated rings. The molecule has 2 saturated heterocycles. The third-order valence-corrected chi connectivity index (χ3v) is 15.2. The van der Waals surface area contributed by atoms with Crippen molar-refractivity contribution in [3.8, 4) is 0 Å². The number of Topliss-reactive ketones (excluding diaryl/α,β-unsaturated/α-hetero) is 2. The Hall–Kier alpha value is -2.78. The van der Waals surface area contributed by atoms with E-state index in [9.17, 15) is 34.5 Å². The fourth-order valence-electron chi connectivity index (χ4n) is 11.0. The maximum Gasteiger partial charge on any atom is 0.329 e. The number of unbranched alkanes of at least 4 members (excludes halogenated alkanes) is 8. The molecule has 0 radical (unpaired) electrons. The Morgan fingerprint density at radius 2 is 1.46 bits per heavy atom. The molecule has 382 valence electrons. The highest BCUT2D eigenvalue weighted by Crippen LogP contribution is 2.39. The first-order valence-corrected chi connectivity index (χ1v) is 26.0. The second kappa shape index (κ2) is 28.2. The van der Waals surface area contributed by atoms with Gasteiger partial charge in [0.15, 0.2) is 5.78 Å². The lowest BCUT2D eigenvalue weighted by Crippen LogP contribution is -2.64. The Morgan fingerprint density at radius 1 is 0.806 bits per heavy atom. The Morgan fingerprint density at radius 3 is 2.13 bits per heavy atom. The van der Waals surface area contributed by atoms with E-state index in [0.717, 1.165) is 12.8 Å². The molecular weight excluding hydrogens is 855 g/mol. The minimum Gasteiger partial charge on any atom is -0.456 e. The molecule has 0 aromatic heterocycles. The minimum atomic E-state index is -2.51. The number of esters is 1. The molecule has 3 aliphatic heterocycles. The van der Waals surface area contributed by atoms with E-state index >= 15 is 0 Å². The summed E-state index contributed by atoms with van der Waals surface area (Å²) in [5.74, 6) is -7.22. The zero-order chi connectivity index (χ0) is 49.3. The lowest BCUT2D eigenvalue weighted by molar-refractivity contribution is -0.302. The number of ketones is 2. The first-order valence-electron chi connectivity index (χ1n) is 26.0. The average Bonchev–Trinajstić information content (AvgIpc) is 3.31. The number of cyclic esters (lactones) is 1. The van der Waals surface area contributed by atoms with Crippen LogP contribution in [0.25, 0.3) is 0 Å². The molecule has 1 aliphatic carbocycles. The lowest BCUT2D eigenvalue weighted by atomic mass is 9.81. The van der Waals surface area contributed by atoms with Crippen LogP contribution in [0, 0.1) is 29.6 Å². The Balaban J connectivity index is 1.71. The number of nitrogens with zero attached hydrogens (tertiary/aromatic N) is 1. The molecule has 0 aromatic rings. The summed E-state index contributed by atoms with van der Waals surface area (Å²) in [4.78, 5) is 58.8. The van der Waals surface area contributed by atoms with Gasteiger partial charge in [0.1, 0.15) is 18.2 Å². The van der Waals surface area contributed by atoms with Gasteiger partial charge in [0.25, 0.3) is 11.7 Å². The molecule has 14 unspecified atom stereocenters. The summed E-state index contributed by atoms with van der Waals surface area (Å²) < 4.78 is 30.1. The van der Waals surface area contributed by atoms with Crippen molar-refractivity contribution in [3.05, 3.63) is 35.5 Å². The highest BCUT2D eigenvalue weighted by molar-refractivity contribution is 6.39. The van der Waals surface area contributed by atoms with Crippen LogP contribution in [0.2, 0.25) is 0 Å². The lowest BCUT2D eigenvalue weighted by Gasteiger charge is -2.47. The number of ether oxygens (including phenoxy) is 5. The number of piperidine rings is 1. The largest absolute Gasteiger partial charge is 0.456 e. The van der Waals surface area contributed by atoms with Crippen molar-refractivity contribution in [1.82, 2.24) is 4.90 Å². The second-order valence-corrected chi connectivity index (χ2v) is 20.7. The standard InChI is InChI=1S/C54H89NO12/c1-10-11-12-13-14-15-16-17-18-19-20-23-41-29-35(2)28-36(3)30-47(64-8)50-48(65-9)32-38(5)54(62,67-50)51(59)52(60)55-27-22-21-24-42(55)53(61)66-49(39(6)44(57)34-45(41)58)37(4)31-40-25-26-43(56)46(33-40)63-7/h19-20,29,31,35-36,38-40,42-44,46-50,56-57,62H,10-18,21-28,30,32-34H2,1-9H3/b20-19?,37-31?,41-29+. The van der Waals surface area contributed by atoms with Crippen molar-refractivity contribution in [3.63, 3.8) is 0 Å². The monoisotopic (exact) mass is 944 g/mol. The van der Waals surface area contributed by atoms with Crippen LogP contribution in [0.4, 0.5) is 0 Å². The predicted octanol–water partition coefficient (Wildman–Crippen LogP) is 8.54. The van der Waals surface area contributed by atoms with Gasteiger partial charge >= 0.3 is 5.97 Å². The van der Waals surface area contributed by atoms with Crippen LogP contribution < -0.4 is 0 Å². The number of methoxy groups -OCH3 is 3. The van der Waals surface area contributed by atoms with Gasteiger partial charge in [0.2, 0.25) is 5.79 Å². The van der Waals surface area contributed by atoms with Crippen molar-refractivity contribution < 1.29 is 58.2 Å². The van der Waals surface area contributed by atoms with Crippen LogP contribution >= 0.6 is 0 Å². The maximum absolute atomic E-state index is 14.5. The Kier molecular flexibility index (Phi) is 23.9. The molecular formula is C54H89NO12. The molecule has 0 aromatic carbocycles. The molecule has 14 atom stereocenters. The van der Waals surface area contributed by atoms with Crippen LogP contribution in [0.1, 0.15) is 170 Å².